The lowest BCUT2D eigenvalue weighted by molar-refractivity contribution is -0.258. The summed E-state index contributed by atoms with van der Waals surface area (Å²) in [6.07, 6.45) is -2.55. The molecule has 3 aromatic rings. The number of piperidine rings is 1. The summed E-state index contributed by atoms with van der Waals surface area (Å²) in [6.45, 7) is 5.98. The van der Waals surface area contributed by atoms with E-state index in [1.54, 1.807) is 4.90 Å². The van der Waals surface area contributed by atoms with E-state index >= 15 is 0 Å². The number of alkyl halides is 3. The minimum Gasteiger partial charge on any atom is -0.481 e. The van der Waals surface area contributed by atoms with E-state index in [1.807, 2.05) is 6.92 Å². The molecule has 0 saturated carbocycles. The highest BCUT2D eigenvalue weighted by Crippen LogP contribution is 2.48. The number of hydrogen-bond acceptors (Lipinski definition) is 8. The molecule has 222 valence electrons. The highest BCUT2D eigenvalue weighted by Gasteiger charge is 2.52. The predicted octanol–water partition coefficient (Wildman–Crippen LogP) is 6.60. The van der Waals surface area contributed by atoms with Crippen LogP contribution in [-0.2, 0) is 16.8 Å². The maximum absolute atomic E-state index is 13.7. The van der Waals surface area contributed by atoms with Crippen LogP contribution in [0.5, 0.6) is 0 Å². The summed E-state index contributed by atoms with van der Waals surface area (Å²) in [4.78, 5) is 31.6. The summed E-state index contributed by atoms with van der Waals surface area (Å²) in [5.41, 5.74) is -5.02. The molecular formula is C26H27Cl2F3N4O5S. The average Bonchev–Trinajstić information content (AvgIpc) is 3.51. The van der Waals surface area contributed by atoms with Crippen molar-refractivity contribution in [3.05, 3.63) is 39.3 Å². The minimum absolute atomic E-state index is 0.0299. The summed E-state index contributed by atoms with van der Waals surface area (Å²) >= 11 is 13.7. The molecule has 3 heterocycles. The number of carboxylic acid groups (broad SMARTS) is 1. The van der Waals surface area contributed by atoms with Gasteiger partial charge in [-0.1, -0.05) is 35.3 Å². The van der Waals surface area contributed by atoms with Crippen molar-refractivity contribution in [1.29, 1.82) is 0 Å². The quantitative estimate of drug-likeness (QED) is 0.297. The molecule has 0 bridgehead atoms. The Hall–Kier alpha value is -2.74. The van der Waals surface area contributed by atoms with Crippen LogP contribution in [0.25, 0.3) is 21.3 Å². The van der Waals surface area contributed by atoms with E-state index in [1.165, 1.54) is 19.9 Å². The van der Waals surface area contributed by atoms with Gasteiger partial charge < -0.3 is 19.5 Å². The van der Waals surface area contributed by atoms with Gasteiger partial charge in [0.15, 0.2) is 10.6 Å². The molecule has 2 N–H and O–H groups in total. The van der Waals surface area contributed by atoms with Gasteiger partial charge >= 0.3 is 12.1 Å². The molecule has 4 rings (SSSR count). The van der Waals surface area contributed by atoms with Crippen LogP contribution in [0.1, 0.15) is 68.9 Å². The van der Waals surface area contributed by atoms with Gasteiger partial charge in [0, 0.05) is 30.1 Å². The van der Waals surface area contributed by atoms with Gasteiger partial charge in [-0.25, -0.2) is 4.98 Å². The van der Waals surface area contributed by atoms with Gasteiger partial charge in [-0.05, 0) is 47.0 Å². The Balaban J connectivity index is 1.83. The van der Waals surface area contributed by atoms with E-state index in [0.29, 0.717) is 13.5 Å². The number of carbonyl (C=O) groups excluding carboxylic acids is 1. The first-order valence-corrected chi connectivity index (χ1v) is 14.2. The van der Waals surface area contributed by atoms with Crippen LogP contribution in [-0.4, -0.2) is 60.9 Å². The van der Waals surface area contributed by atoms with Crippen LogP contribution >= 0.6 is 34.5 Å². The van der Waals surface area contributed by atoms with Crippen LogP contribution in [0.2, 0.25) is 10.0 Å². The SMILES string of the molecule is C[C@H]1CCCCN1C(=O)c1nc(-c2nnc(CC(C)(C)C(=O)O)o2)sc1-c1ccc(C(C)(O)C(F)(F)F)c(Cl)c1Cl. The van der Waals surface area contributed by atoms with Crippen LogP contribution < -0.4 is 0 Å². The van der Waals surface area contributed by atoms with Crippen molar-refractivity contribution in [3.8, 4) is 21.3 Å². The van der Waals surface area contributed by atoms with Gasteiger partial charge in [0.25, 0.3) is 11.8 Å². The van der Waals surface area contributed by atoms with Crippen molar-refractivity contribution >= 4 is 46.4 Å². The fraction of sp³-hybridized carbons (Fsp3) is 0.500. The zero-order valence-electron chi connectivity index (χ0n) is 22.5. The van der Waals surface area contributed by atoms with E-state index in [0.717, 1.165) is 36.7 Å². The van der Waals surface area contributed by atoms with Crippen molar-refractivity contribution in [3.63, 3.8) is 0 Å². The number of halogens is 5. The summed E-state index contributed by atoms with van der Waals surface area (Å²) in [5, 5.41) is 26.8. The fourth-order valence-electron chi connectivity index (χ4n) is 4.39. The number of likely N-dealkylation sites (tertiary alicyclic amines) is 1. The molecule has 1 aliphatic rings. The van der Waals surface area contributed by atoms with E-state index in [2.05, 4.69) is 15.2 Å². The Labute approximate surface area is 247 Å². The second-order valence-corrected chi connectivity index (χ2v) is 12.5. The van der Waals surface area contributed by atoms with Crippen molar-refractivity contribution < 1.29 is 37.4 Å². The zero-order chi connectivity index (χ0) is 30.5. The number of thiazole rings is 1. The first kappa shape index (κ1) is 31.2. The molecule has 0 spiro atoms. The summed E-state index contributed by atoms with van der Waals surface area (Å²) < 4.78 is 46.3. The number of carboxylic acids is 1. The molecule has 0 aliphatic carbocycles. The largest absolute Gasteiger partial charge is 0.481 e. The molecule has 1 fully saturated rings. The number of rotatable bonds is 7. The van der Waals surface area contributed by atoms with Crippen molar-refractivity contribution in [1.82, 2.24) is 20.1 Å². The molecule has 1 aliphatic heterocycles. The topological polar surface area (TPSA) is 130 Å². The number of nitrogens with zero attached hydrogens (tertiary/aromatic N) is 4. The Morgan fingerprint density at radius 3 is 2.44 bits per heavy atom. The van der Waals surface area contributed by atoms with Crippen molar-refractivity contribution in [2.45, 2.75) is 71.2 Å². The first-order chi connectivity index (χ1) is 19.0. The van der Waals surface area contributed by atoms with Gasteiger partial charge in [-0.2, -0.15) is 13.2 Å². The second kappa shape index (κ2) is 11.2. The lowest BCUT2D eigenvalue weighted by Gasteiger charge is -2.33. The number of amides is 1. The molecule has 1 aromatic carbocycles. The van der Waals surface area contributed by atoms with Crippen molar-refractivity contribution in [2.24, 2.45) is 5.41 Å². The standard InChI is InChI=1S/C26H27Cl2F3N4O5S/c1-12-7-5-6-10-35(12)22(36)18-19(13-8-9-14(17(28)16(13)27)25(4,39)26(29,30)31)41-21(32-18)20-34-33-15(40-20)11-24(2,3)23(37)38/h8-9,12,39H,5-7,10-11H2,1-4H3,(H,37,38)/t12-,25?/m0/s1. The summed E-state index contributed by atoms with van der Waals surface area (Å²) in [6, 6.07) is 2.17. The van der Waals surface area contributed by atoms with Crippen LogP contribution in [0.4, 0.5) is 13.2 Å². The number of aliphatic carboxylic acids is 1. The summed E-state index contributed by atoms with van der Waals surface area (Å²) in [7, 11) is 0. The molecule has 0 radical (unpaired) electrons. The first-order valence-electron chi connectivity index (χ1n) is 12.6. The number of hydrogen-bond donors (Lipinski definition) is 2. The molecule has 2 aromatic heterocycles. The summed E-state index contributed by atoms with van der Waals surface area (Å²) in [5.74, 6) is -1.50. The third-order valence-corrected chi connectivity index (χ3v) is 9.08. The molecule has 15 heteroatoms. The van der Waals surface area contributed by atoms with Gasteiger partial charge in [0.2, 0.25) is 5.89 Å². The van der Waals surface area contributed by atoms with Crippen LogP contribution in [0.3, 0.4) is 0 Å². The Morgan fingerprint density at radius 2 is 1.83 bits per heavy atom. The molecule has 1 unspecified atom stereocenters. The van der Waals surface area contributed by atoms with E-state index in [9.17, 15) is 33.0 Å². The number of aromatic nitrogens is 3. The van der Waals surface area contributed by atoms with E-state index < -0.39 is 39.7 Å². The van der Waals surface area contributed by atoms with Gasteiger partial charge in [-0.15, -0.1) is 21.5 Å². The Morgan fingerprint density at radius 1 is 1.15 bits per heavy atom. The number of benzene rings is 1. The molecule has 41 heavy (non-hydrogen) atoms. The highest BCUT2D eigenvalue weighted by atomic mass is 35.5. The van der Waals surface area contributed by atoms with E-state index in [-0.39, 0.29) is 50.4 Å². The average molecular weight is 635 g/mol. The minimum atomic E-state index is -5.03. The number of aliphatic hydroxyl groups is 1. The third-order valence-electron chi connectivity index (χ3n) is 7.12. The second-order valence-electron chi connectivity index (χ2n) is 10.8. The normalized spacial score (nSPS) is 17.9. The molecule has 9 nitrogen and oxygen atoms in total. The van der Waals surface area contributed by atoms with Crippen LogP contribution in [0, 0.1) is 5.41 Å². The molecule has 2 atom stereocenters. The maximum atomic E-state index is 13.7. The van der Waals surface area contributed by atoms with Crippen LogP contribution in [0.15, 0.2) is 16.5 Å². The van der Waals surface area contributed by atoms with Gasteiger partial charge in [-0.3, -0.25) is 9.59 Å². The molecular weight excluding hydrogens is 608 g/mol. The lowest BCUT2D eigenvalue weighted by Crippen LogP contribution is -2.42. The Kier molecular flexibility index (Phi) is 8.49. The monoisotopic (exact) mass is 634 g/mol. The predicted molar refractivity (Wildman–Crippen MR) is 146 cm³/mol. The zero-order valence-corrected chi connectivity index (χ0v) is 24.8. The van der Waals surface area contributed by atoms with Gasteiger partial charge in [0.1, 0.15) is 5.69 Å². The van der Waals surface area contributed by atoms with Crippen molar-refractivity contribution in [2.75, 3.05) is 6.54 Å². The fourth-order valence-corrected chi connectivity index (χ4v) is 6.07. The third kappa shape index (κ3) is 5.95. The lowest BCUT2D eigenvalue weighted by atomic mass is 9.90. The molecule has 1 amide bonds. The smallest absolute Gasteiger partial charge is 0.421 e. The Bertz CT molecular complexity index is 1490. The maximum Gasteiger partial charge on any atom is 0.421 e. The highest BCUT2D eigenvalue weighted by molar-refractivity contribution is 7.18. The van der Waals surface area contributed by atoms with E-state index in [4.69, 9.17) is 27.6 Å². The van der Waals surface area contributed by atoms with Gasteiger partial charge in [0.05, 0.1) is 20.3 Å². The molecule has 1 saturated heterocycles. The number of carbonyl (C=O) groups is 2.